The predicted molar refractivity (Wildman–Crippen MR) is 70.3 cm³/mol. The number of halogens is 2. The second kappa shape index (κ2) is 4.63. The Balaban J connectivity index is 2.34. The van der Waals surface area contributed by atoms with E-state index in [0.717, 1.165) is 11.3 Å². The van der Waals surface area contributed by atoms with Crippen LogP contribution in [0.25, 0.3) is 0 Å². The molecular weight excluding hydrogens is 239 g/mol. The first-order valence-electron chi connectivity index (χ1n) is 5.14. The summed E-state index contributed by atoms with van der Waals surface area (Å²) in [4.78, 5) is 0. The Morgan fingerprint density at radius 2 is 1.94 bits per heavy atom. The lowest BCUT2D eigenvalue weighted by Crippen LogP contribution is -1.95. The molecule has 0 radical (unpaired) electrons. The van der Waals surface area contributed by atoms with Crippen molar-refractivity contribution in [3.8, 4) is 0 Å². The fourth-order valence-electron chi connectivity index (χ4n) is 1.57. The van der Waals surface area contributed by atoms with Crippen molar-refractivity contribution < 1.29 is 4.39 Å². The normalized spacial score (nSPS) is 10.3. The van der Waals surface area contributed by atoms with E-state index in [4.69, 9.17) is 17.3 Å². The SMILES string of the molecule is Cc1ccc(Cl)c(Nc2cc(N)cc(F)c2)c1. The molecule has 0 atom stereocenters. The lowest BCUT2D eigenvalue weighted by atomic mass is 10.2. The number of rotatable bonds is 2. The largest absolute Gasteiger partial charge is 0.399 e. The maximum atomic E-state index is 13.2. The van der Waals surface area contributed by atoms with Crippen LogP contribution in [0.1, 0.15) is 5.56 Å². The highest BCUT2D eigenvalue weighted by atomic mass is 35.5. The van der Waals surface area contributed by atoms with Crippen LogP contribution in [0.2, 0.25) is 5.02 Å². The molecule has 2 aromatic rings. The Labute approximate surface area is 104 Å². The minimum atomic E-state index is -0.378. The molecule has 0 heterocycles. The minimum Gasteiger partial charge on any atom is -0.399 e. The van der Waals surface area contributed by atoms with E-state index in [1.54, 1.807) is 12.1 Å². The molecule has 0 saturated heterocycles. The van der Waals surface area contributed by atoms with Crippen molar-refractivity contribution in [2.24, 2.45) is 0 Å². The molecule has 0 saturated carbocycles. The fraction of sp³-hybridized carbons (Fsp3) is 0.0769. The van der Waals surface area contributed by atoms with Gasteiger partial charge in [-0.15, -0.1) is 0 Å². The van der Waals surface area contributed by atoms with Crippen LogP contribution in [0.3, 0.4) is 0 Å². The number of hydrogen-bond acceptors (Lipinski definition) is 2. The molecule has 0 aliphatic carbocycles. The quantitative estimate of drug-likeness (QED) is 0.787. The van der Waals surface area contributed by atoms with Crippen molar-refractivity contribution in [1.82, 2.24) is 0 Å². The third kappa shape index (κ3) is 2.88. The third-order valence-electron chi connectivity index (χ3n) is 2.32. The molecule has 0 spiro atoms. The van der Waals surface area contributed by atoms with Crippen molar-refractivity contribution in [1.29, 1.82) is 0 Å². The second-order valence-corrected chi connectivity index (χ2v) is 4.29. The van der Waals surface area contributed by atoms with E-state index >= 15 is 0 Å². The van der Waals surface area contributed by atoms with Crippen LogP contribution in [-0.4, -0.2) is 0 Å². The first-order valence-corrected chi connectivity index (χ1v) is 5.51. The molecule has 2 aromatic carbocycles. The number of nitrogens with two attached hydrogens (primary N) is 1. The van der Waals surface area contributed by atoms with E-state index in [9.17, 15) is 4.39 Å². The Kier molecular flexibility index (Phi) is 3.20. The molecule has 0 bridgehead atoms. The van der Waals surface area contributed by atoms with Crippen molar-refractivity contribution >= 4 is 28.7 Å². The Morgan fingerprint density at radius 3 is 2.65 bits per heavy atom. The molecular formula is C13H12ClFN2. The summed E-state index contributed by atoms with van der Waals surface area (Å²) in [5.41, 5.74) is 8.32. The Bertz CT molecular complexity index is 535. The summed E-state index contributed by atoms with van der Waals surface area (Å²) in [5, 5.41) is 3.62. The zero-order valence-corrected chi connectivity index (χ0v) is 10.1. The summed E-state index contributed by atoms with van der Waals surface area (Å²) in [6.45, 7) is 1.96. The smallest absolute Gasteiger partial charge is 0.127 e. The van der Waals surface area contributed by atoms with E-state index in [2.05, 4.69) is 5.32 Å². The summed E-state index contributed by atoms with van der Waals surface area (Å²) in [7, 11) is 0. The lowest BCUT2D eigenvalue weighted by Gasteiger charge is -2.10. The van der Waals surface area contributed by atoms with E-state index in [0.29, 0.717) is 16.4 Å². The molecule has 2 nitrogen and oxygen atoms in total. The summed E-state index contributed by atoms with van der Waals surface area (Å²) < 4.78 is 13.2. The molecule has 0 fully saturated rings. The van der Waals surface area contributed by atoms with Crippen molar-refractivity contribution in [2.75, 3.05) is 11.1 Å². The van der Waals surface area contributed by atoms with E-state index < -0.39 is 0 Å². The first kappa shape index (κ1) is 11.7. The van der Waals surface area contributed by atoms with E-state index in [1.807, 2.05) is 19.1 Å². The minimum absolute atomic E-state index is 0.372. The molecule has 0 unspecified atom stereocenters. The number of nitrogens with one attached hydrogen (secondary N) is 1. The average molecular weight is 251 g/mol. The first-order chi connectivity index (χ1) is 8.04. The van der Waals surface area contributed by atoms with Gasteiger partial charge in [0.25, 0.3) is 0 Å². The van der Waals surface area contributed by atoms with Gasteiger partial charge in [-0.2, -0.15) is 0 Å². The molecule has 2 rings (SSSR count). The molecule has 17 heavy (non-hydrogen) atoms. The van der Waals surface area contributed by atoms with Gasteiger partial charge in [-0.05, 0) is 42.8 Å². The van der Waals surface area contributed by atoms with Gasteiger partial charge < -0.3 is 11.1 Å². The van der Waals surface area contributed by atoms with Crippen LogP contribution in [0.4, 0.5) is 21.5 Å². The van der Waals surface area contributed by atoms with Gasteiger partial charge in [-0.1, -0.05) is 17.7 Å². The van der Waals surface area contributed by atoms with Gasteiger partial charge in [0.1, 0.15) is 5.82 Å². The number of benzene rings is 2. The maximum Gasteiger partial charge on any atom is 0.127 e. The summed E-state index contributed by atoms with van der Waals surface area (Å²) in [6, 6.07) is 9.89. The predicted octanol–water partition coefficient (Wildman–Crippen LogP) is 4.11. The maximum absolute atomic E-state index is 13.2. The van der Waals surface area contributed by atoms with Crippen LogP contribution in [0, 0.1) is 12.7 Å². The van der Waals surface area contributed by atoms with Crippen LogP contribution in [-0.2, 0) is 0 Å². The van der Waals surface area contributed by atoms with Crippen molar-refractivity contribution in [3.05, 3.63) is 52.8 Å². The molecule has 4 heteroatoms. The van der Waals surface area contributed by atoms with Gasteiger partial charge in [0.05, 0.1) is 10.7 Å². The molecule has 0 amide bonds. The fourth-order valence-corrected chi connectivity index (χ4v) is 1.74. The van der Waals surface area contributed by atoms with Gasteiger partial charge in [-0.3, -0.25) is 0 Å². The second-order valence-electron chi connectivity index (χ2n) is 3.88. The highest BCUT2D eigenvalue weighted by molar-refractivity contribution is 6.33. The molecule has 88 valence electrons. The van der Waals surface area contributed by atoms with Crippen molar-refractivity contribution in [2.45, 2.75) is 6.92 Å². The van der Waals surface area contributed by atoms with Crippen LogP contribution in [0.5, 0.6) is 0 Å². The number of hydrogen-bond donors (Lipinski definition) is 2. The topological polar surface area (TPSA) is 38.0 Å². The van der Waals surface area contributed by atoms with E-state index in [-0.39, 0.29) is 5.82 Å². The van der Waals surface area contributed by atoms with Crippen molar-refractivity contribution in [3.63, 3.8) is 0 Å². The number of aryl methyl sites for hydroxylation is 1. The standard InChI is InChI=1S/C13H12ClFN2/c1-8-2-3-12(14)13(4-8)17-11-6-9(15)5-10(16)7-11/h2-7,17H,16H2,1H3. The van der Waals surface area contributed by atoms with Gasteiger partial charge in [-0.25, -0.2) is 4.39 Å². The number of nitrogen functional groups attached to an aromatic ring is 1. The zero-order valence-electron chi connectivity index (χ0n) is 9.30. The molecule has 0 aromatic heterocycles. The number of anilines is 3. The summed E-state index contributed by atoms with van der Waals surface area (Å²) in [6.07, 6.45) is 0. The Hall–Kier alpha value is -1.74. The van der Waals surface area contributed by atoms with E-state index in [1.165, 1.54) is 12.1 Å². The third-order valence-corrected chi connectivity index (χ3v) is 2.65. The van der Waals surface area contributed by atoms with Gasteiger partial charge >= 0.3 is 0 Å². The summed E-state index contributed by atoms with van der Waals surface area (Å²) >= 11 is 6.04. The van der Waals surface area contributed by atoms with Crippen LogP contribution >= 0.6 is 11.6 Å². The lowest BCUT2D eigenvalue weighted by molar-refractivity contribution is 0.629. The molecule has 0 aliphatic heterocycles. The highest BCUT2D eigenvalue weighted by Crippen LogP contribution is 2.27. The van der Waals surface area contributed by atoms with Crippen LogP contribution < -0.4 is 11.1 Å². The zero-order chi connectivity index (χ0) is 12.4. The average Bonchev–Trinajstić information content (AvgIpc) is 2.22. The molecule has 3 N–H and O–H groups in total. The highest BCUT2D eigenvalue weighted by Gasteiger charge is 2.03. The van der Waals surface area contributed by atoms with Crippen LogP contribution in [0.15, 0.2) is 36.4 Å². The summed E-state index contributed by atoms with van der Waals surface area (Å²) in [5.74, 6) is -0.378. The molecule has 0 aliphatic rings. The van der Waals surface area contributed by atoms with Gasteiger partial charge in [0.15, 0.2) is 0 Å². The Morgan fingerprint density at radius 1 is 1.18 bits per heavy atom. The van der Waals surface area contributed by atoms with Gasteiger partial charge in [0.2, 0.25) is 0 Å². The van der Waals surface area contributed by atoms with Gasteiger partial charge in [0, 0.05) is 11.4 Å². The monoisotopic (exact) mass is 250 g/mol.